The zero-order chi connectivity index (χ0) is 11.6. The van der Waals surface area contributed by atoms with Gasteiger partial charge in [-0.15, -0.1) is 0 Å². The van der Waals surface area contributed by atoms with Gasteiger partial charge in [0.05, 0.1) is 0 Å². The number of phenolic OH excluding ortho intramolecular Hbond substituents is 2. The number of phenols is 2. The first-order valence-corrected chi connectivity index (χ1v) is 4.93. The Morgan fingerprint density at radius 3 is 2.47 bits per heavy atom. The Bertz CT molecular complexity index is 359. The first-order chi connectivity index (χ1) is 6.91. The molecule has 0 spiro atoms. The predicted octanol–water partition coefficient (Wildman–Crippen LogP) is 2.17. The highest BCUT2D eigenvalue weighted by molar-refractivity contribution is 5.78. The first-order valence-electron chi connectivity index (χ1n) is 4.93. The van der Waals surface area contributed by atoms with Gasteiger partial charge in [0.15, 0.2) is 11.5 Å². The van der Waals surface area contributed by atoms with E-state index in [4.69, 9.17) is 0 Å². The Kier molecular flexibility index (Phi) is 3.35. The molecule has 0 radical (unpaired) electrons. The summed E-state index contributed by atoms with van der Waals surface area (Å²) in [5.74, 6) is -0.149. The van der Waals surface area contributed by atoms with Crippen LogP contribution >= 0.6 is 0 Å². The fourth-order valence-corrected chi connectivity index (χ4v) is 1.45. The van der Waals surface area contributed by atoms with Crippen molar-refractivity contribution < 1.29 is 15.0 Å². The lowest BCUT2D eigenvalue weighted by Gasteiger charge is -2.10. The van der Waals surface area contributed by atoms with E-state index in [9.17, 15) is 15.0 Å². The van der Waals surface area contributed by atoms with Gasteiger partial charge in [0, 0.05) is 5.92 Å². The lowest BCUT2D eigenvalue weighted by Crippen LogP contribution is -2.09. The van der Waals surface area contributed by atoms with E-state index in [0.29, 0.717) is 12.0 Å². The van der Waals surface area contributed by atoms with Crippen LogP contribution in [-0.4, -0.2) is 16.0 Å². The SMILES string of the molecule is CC(=O)C(C)Cc1cc(C)c(O)c(O)c1. The van der Waals surface area contributed by atoms with Gasteiger partial charge in [0.25, 0.3) is 0 Å². The maximum atomic E-state index is 11.1. The quantitative estimate of drug-likeness (QED) is 0.748. The number of benzene rings is 1. The number of aryl methyl sites for hydroxylation is 1. The average molecular weight is 208 g/mol. The lowest BCUT2D eigenvalue weighted by molar-refractivity contribution is -0.120. The van der Waals surface area contributed by atoms with E-state index in [1.54, 1.807) is 19.9 Å². The number of aromatic hydroxyl groups is 2. The summed E-state index contributed by atoms with van der Waals surface area (Å²) in [6.07, 6.45) is 0.587. The number of hydrogen-bond donors (Lipinski definition) is 2. The molecule has 0 fully saturated rings. The summed E-state index contributed by atoms with van der Waals surface area (Å²) in [4.78, 5) is 11.1. The molecule has 15 heavy (non-hydrogen) atoms. The van der Waals surface area contributed by atoms with Crippen LogP contribution in [0.4, 0.5) is 0 Å². The van der Waals surface area contributed by atoms with Crippen molar-refractivity contribution in [2.75, 3.05) is 0 Å². The van der Waals surface area contributed by atoms with Crippen molar-refractivity contribution in [1.82, 2.24) is 0 Å². The highest BCUT2D eigenvalue weighted by atomic mass is 16.3. The van der Waals surface area contributed by atoms with Crippen LogP contribution in [0.25, 0.3) is 0 Å². The van der Waals surface area contributed by atoms with Crippen LogP contribution in [0, 0.1) is 12.8 Å². The molecule has 3 heteroatoms. The number of Topliss-reactive ketones (excluding diaryl/α,β-unsaturated/α-hetero) is 1. The van der Waals surface area contributed by atoms with Crippen LogP contribution in [-0.2, 0) is 11.2 Å². The van der Waals surface area contributed by atoms with Crippen molar-refractivity contribution in [3.8, 4) is 11.5 Å². The molecule has 2 N–H and O–H groups in total. The summed E-state index contributed by atoms with van der Waals surface area (Å²) in [6.45, 7) is 5.12. The van der Waals surface area contributed by atoms with Crippen molar-refractivity contribution in [2.24, 2.45) is 5.92 Å². The molecular formula is C12H16O3. The molecule has 0 aromatic heterocycles. The molecule has 0 bridgehead atoms. The first kappa shape index (κ1) is 11.6. The monoisotopic (exact) mass is 208 g/mol. The smallest absolute Gasteiger partial charge is 0.160 e. The highest BCUT2D eigenvalue weighted by Gasteiger charge is 2.11. The molecule has 0 amide bonds. The zero-order valence-corrected chi connectivity index (χ0v) is 9.24. The van der Waals surface area contributed by atoms with Crippen LogP contribution in [0.15, 0.2) is 12.1 Å². The fraction of sp³-hybridized carbons (Fsp3) is 0.417. The Morgan fingerprint density at radius 1 is 1.40 bits per heavy atom. The van der Waals surface area contributed by atoms with Gasteiger partial charge in [0.1, 0.15) is 5.78 Å². The minimum absolute atomic E-state index is 0.0617. The Morgan fingerprint density at radius 2 is 2.00 bits per heavy atom. The summed E-state index contributed by atoms with van der Waals surface area (Å²) in [5, 5.41) is 18.8. The second-order valence-corrected chi connectivity index (χ2v) is 4.00. The van der Waals surface area contributed by atoms with Gasteiger partial charge in [0.2, 0.25) is 0 Å². The number of carbonyl (C=O) groups is 1. The van der Waals surface area contributed by atoms with E-state index in [2.05, 4.69) is 0 Å². The predicted molar refractivity (Wildman–Crippen MR) is 58.1 cm³/mol. The van der Waals surface area contributed by atoms with E-state index >= 15 is 0 Å². The van der Waals surface area contributed by atoms with Gasteiger partial charge in [-0.2, -0.15) is 0 Å². The van der Waals surface area contributed by atoms with E-state index < -0.39 is 0 Å². The van der Waals surface area contributed by atoms with Gasteiger partial charge in [-0.25, -0.2) is 0 Å². The molecule has 0 aliphatic rings. The minimum atomic E-state index is -0.124. The molecule has 1 aromatic carbocycles. The van der Waals surface area contributed by atoms with E-state index in [1.165, 1.54) is 6.07 Å². The molecule has 1 rings (SSSR count). The topological polar surface area (TPSA) is 57.5 Å². The van der Waals surface area contributed by atoms with Gasteiger partial charge < -0.3 is 10.2 Å². The van der Waals surface area contributed by atoms with Gasteiger partial charge in [-0.1, -0.05) is 13.0 Å². The number of carbonyl (C=O) groups excluding carboxylic acids is 1. The third-order valence-corrected chi connectivity index (χ3v) is 2.58. The van der Waals surface area contributed by atoms with Crippen LogP contribution in [0.3, 0.4) is 0 Å². The average Bonchev–Trinajstić information content (AvgIpc) is 2.13. The molecule has 1 atom stereocenters. The summed E-state index contributed by atoms with van der Waals surface area (Å²) in [5.41, 5.74) is 1.49. The Hall–Kier alpha value is -1.51. The summed E-state index contributed by atoms with van der Waals surface area (Å²) >= 11 is 0. The minimum Gasteiger partial charge on any atom is -0.504 e. The van der Waals surface area contributed by atoms with Crippen molar-refractivity contribution in [2.45, 2.75) is 27.2 Å². The molecule has 1 unspecified atom stereocenters. The third kappa shape index (κ3) is 2.72. The van der Waals surface area contributed by atoms with Crippen molar-refractivity contribution in [3.05, 3.63) is 23.3 Å². The van der Waals surface area contributed by atoms with Gasteiger partial charge in [-0.3, -0.25) is 4.79 Å². The molecule has 1 aromatic rings. The number of hydrogen-bond acceptors (Lipinski definition) is 3. The molecule has 82 valence electrons. The van der Waals surface area contributed by atoms with Crippen LogP contribution in [0.5, 0.6) is 11.5 Å². The highest BCUT2D eigenvalue weighted by Crippen LogP contribution is 2.30. The second kappa shape index (κ2) is 4.34. The number of ketones is 1. The molecule has 0 aliphatic carbocycles. The van der Waals surface area contributed by atoms with Crippen molar-refractivity contribution in [3.63, 3.8) is 0 Å². The van der Waals surface area contributed by atoms with Crippen molar-refractivity contribution >= 4 is 5.78 Å². The third-order valence-electron chi connectivity index (χ3n) is 2.58. The van der Waals surface area contributed by atoms with Crippen LogP contribution < -0.4 is 0 Å². The molecular weight excluding hydrogens is 192 g/mol. The van der Waals surface area contributed by atoms with E-state index in [1.807, 2.05) is 6.92 Å². The van der Waals surface area contributed by atoms with E-state index in [-0.39, 0.29) is 23.2 Å². The molecule has 0 heterocycles. The fourth-order valence-electron chi connectivity index (χ4n) is 1.45. The van der Waals surface area contributed by atoms with Crippen LogP contribution in [0.1, 0.15) is 25.0 Å². The van der Waals surface area contributed by atoms with Gasteiger partial charge in [-0.05, 0) is 37.5 Å². The van der Waals surface area contributed by atoms with E-state index in [0.717, 1.165) is 5.56 Å². The Balaban J connectivity index is 2.92. The standard InChI is InChI=1S/C12H16O3/c1-7(9(3)13)4-10-5-8(2)12(15)11(14)6-10/h5-7,14-15H,4H2,1-3H3. The molecule has 0 aliphatic heterocycles. The maximum Gasteiger partial charge on any atom is 0.160 e. The normalized spacial score (nSPS) is 12.5. The second-order valence-electron chi connectivity index (χ2n) is 4.00. The number of rotatable bonds is 3. The zero-order valence-electron chi connectivity index (χ0n) is 9.24. The largest absolute Gasteiger partial charge is 0.504 e. The summed E-state index contributed by atoms with van der Waals surface area (Å²) in [7, 11) is 0. The molecule has 0 saturated carbocycles. The van der Waals surface area contributed by atoms with Gasteiger partial charge >= 0.3 is 0 Å². The Labute approximate surface area is 89.4 Å². The maximum absolute atomic E-state index is 11.1. The molecule has 0 saturated heterocycles. The lowest BCUT2D eigenvalue weighted by atomic mass is 9.96. The summed E-state index contributed by atoms with van der Waals surface area (Å²) in [6, 6.07) is 3.29. The molecule has 3 nitrogen and oxygen atoms in total. The summed E-state index contributed by atoms with van der Waals surface area (Å²) < 4.78 is 0. The van der Waals surface area contributed by atoms with Crippen LogP contribution in [0.2, 0.25) is 0 Å². The van der Waals surface area contributed by atoms with Crippen molar-refractivity contribution in [1.29, 1.82) is 0 Å².